The van der Waals surface area contributed by atoms with Crippen LogP contribution in [0.2, 0.25) is 0 Å². The number of aromatic amines is 1. The lowest BCUT2D eigenvalue weighted by atomic mass is 10.1. The number of ketones is 1. The van der Waals surface area contributed by atoms with E-state index < -0.39 is 10.9 Å². The second-order valence-electron chi connectivity index (χ2n) is 5.79. The van der Waals surface area contributed by atoms with E-state index in [0.29, 0.717) is 22.4 Å². The Labute approximate surface area is 150 Å². The standard InChI is InChI=1S/C18H20N2O6/c1-5-25-18(22)17-11(3)16(12(4)19-17)14(21)9-26-15-7-6-10(2)8-13(15)20(23)24/h6-8,19H,5,9H2,1-4H3. The van der Waals surface area contributed by atoms with Crippen LogP contribution in [0.3, 0.4) is 0 Å². The average Bonchev–Trinajstić information content (AvgIpc) is 2.88. The van der Waals surface area contributed by atoms with Crippen molar-refractivity contribution in [1.82, 2.24) is 4.98 Å². The summed E-state index contributed by atoms with van der Waals surface area (Å²) in [5.74, 6) is -0.908. The van der Waals surface area contributed by atoms with Gasteiger partial charge in [-0.05, 0) is 44.9 Å². The molecule has 0 aliphatic carbocycles. The SMILES string of the molecule is CCOC(=O)c1[nH]c(C)c(C(=O)COc2ccc(C)cc2[N+](=O)[O-])c1C. The highest BCUT2D eigenvalue weighted by molar-refractivity contribution is 6.03. The Bertz CT molecular complexity index is 869. The molecule has 0 radical (unpaired) electrons. The van der Waals surface area contributed by atoms with Crippen LogP contribution in [0, 0.1) is 30.9 Å². The maximum absolute atomic E-state index is 12.5. The molecule has 1 aromatic carbocycles. The predicted molar refractivity (Wildman–Crippen MR) is 93.9 cm³/mol. The van der Waals surface area contributed by atoms with Crippen LogP contribution in [0.25, 0.3) is 0 Å². The third-order valence-corrected chi connectivity index (χ3v) is 3.87. The summed E-state index contributed by atoms with van der Waals surface area (Å²) < 4.78 is 10.3. The third-order valence-electron chi connectivity index (χ3n) is 3.87. The first-order chi connectivity index (χ1) is 12.3. The van der Waals surface area contributed by atoms with E-state index in [1.807, 2.05) is 0 Å². The second-order valence-corrected chi connectivity index (χ2v) is 5.79. The molecule has 2 aromatic rings. The van der Waals surface area contributed by atoms with E-state index in [-0.39, 0.29) is 36.1 Å². The fraction of sp³-hybridized carbons (Fsp3) is 0.333. The molecule has 0 unspecified atom stereocenters. The van der Waals surface area contributed by atoms with Gasteiger partial charge in [0.15, 0.2) is 12.4 Å². The van der Waals surface area contributed by atoms with E-state index in [1.54, 1.807) is 33.8 Å². The Hall–Kier alpha value is -3.16. The number of benzene rings is 1. The molecule has 0 saturated carbocycles. The van der Waals surface area contributed by atoms with Crippen molar-refractivity contribution in [2.75, 3.05) is 13.2 Å². The molecule has 0 aliphatic rings. The number of aryl methyl sites for hydroxylation is 2. The Morgan fingerprint density at radius 3 is 2.54 bits per heavy atom. The van der Waals surface area contributed by atoms with Crippen LogP contribution in [-0.4, -0.2) is 34.9 Å². The quantitative estimate of drug-likeness (QED) is 0.351. The molecule has 1 N–H and O–H groups in total. The van der Waals surface area contributed by atoms with Gasteiger partial charge in [-0.3, -0.25) is 14.9 Å². The number of hydrogen-bond donors (Lipinski definition) is 1. The normalized spacial score (nSPS) is 10.5. The summed E-state index contributed by atoms with van der Waals surface area (Å²) in [4.78, 5) is 37.9. The fourth-order valence-electron chi connectivity index (χ4n) is 2.68. The largest absolute Gasteiger partial charge is 0.478 e. The van der Waals surface area contributed by atoms with E-state index in [0.717, 1.165) is 0 Å². The number of rotatable bonds is 7. The van der Waals surface area contributed by atoms with E-state index in [9.17, 15) is 19.7 Å². The van der Waals surface area contributed by atoms with E-state index in [2.05, 4.69) is 4.98 Å². The average molecular weight is 360 g/mol. The first-order valence-electron chi connectivity index (χ1n) is 8.03. The van der Waals surface area contributed by atoms with Gasteiger partial charge in [0.05, 0.1) is 11.5 Å². The summed E-state index contributed by atoms with van der Waals surface area (Å²) in [6, 6.07) is 4.51. The van der Waals surface area contributed by atoms with Crippen LogP contribution in [0.4, 0.5) is 5.69 Å². The number of nitrogens with one attached hydrogen (secondary N) is 1. The van der Waals surface area contributed by atoms with Gasteiger partial charge in [-0.1, -0.05) is 6.07 Å². The minimum absolute atomic E-state index is 0.0189. The molecule has 26 heavy (non-hydrogen) atoms. The highest BCUT2D eigenvalue weighted by atomic mass is 16.6. The highest BCUT2D eigenvalue weighted by Gasteiger charge is 2.24. The molecule has 0 spiro atoms. The summed E-state index contributed by atoms with van der Waals surface area (Å²) in [5.41, 5.74) is 2.03. The summed E-state index contributed by atoms with van der Waals surface area (Å²) in [5, 5.41) is 11.1. The lowest BCUT2D eigenvalue weighted by Crippen LogP contribution is -2.14. The van der Waals surface area contributed by atoms with Crippen molar-refractivity contribution < 1.29 is 24.0 Å². The maximum atomic E-state index is 12.5. The number of nitro benzene ring substituents is 1. The highest BCUT2D eigenvalue weighted by Crippen LogP contribution is 2.28. The number of esters is 1. The van der Waals surface area contributed by atoms with Gasteiger partial charge in [0.25, 0.3) is 0 Å². The predicted octanol–water partition coefficient (Wildman–Crippen LogP) is 3.29. The first-order valence-corrected chi connectivity index (χ1v) is 8.03. The fourth-order valence-corrected chi connectivity index (χ4v) is 2.68. The summed E-state index contributed by atoms with van der Waals surface area (Å²) in [6.07, 6.45) is 0. The number of H-pyrrole nitrogens is 1. The molecule has 0 bridgehead atoms. The molecule has 1 aromatic heterocycles. The molecule has 0 aliphatic heterocycles. The number of Topliss-reactive ketones (excluding diaryl/α,β-unsaturated/α-hetero) is 1. The van der Waals surface area contributed by atoms with Gasteiger partial charge in [0, 0.05) is 17.3 Å². The molecule has 0 fully saturated rings. The molecule has 2 rings (SSSR count). The van der Waals surface area contributed by atoms with Crippen molar-refractivity contribution in [2.24, 2.45) is 0 Å². The zero-order valence-corrected chi connectivity index (χ0v) is 15.0. The van der Waals surface area contributed by atoms with Crippen LogP contribution in [0.1, 0.15) is 44.6 Å². The molecule has 8 nitrogen and oxygen atoms in total. The number of carbonyl (C=O) groups excluding carboxylic acids is 2. The van der Waals surface area contributed by atoms with Crippen LogP contribution in [0.5, 0.6) is 5.75 Å². The van der Waals surface area contributed by atoms with Gasteiger partial charge >= 0.3 is 11.7 Å². The lowest BCUT2D eigenvalue weighted by Gasteiger charge is -2.07. The third kappa shape index (κ3) is 3.90. The van der Waals surface area contributed by atoms with Gasteiger partial charge in [-0.25, -0.2) is 4.79 Å². The Balaban J connectivity index is 2.22. The Morgan fingerprint density at radius 1 is 1.23 bits per heavy atom. The van der Waals surface area contributed by atoms with Gasteiger partial charge in [0.2, 0.25) is 5.78 Å². The van der Waals surface area contributed by atoms with Crippen molar-refractivity contribution >= 4 is 17.4 Å². The number of carbonyl (C=O) groups is 2. The Kier molecular flexibility index (Phi) is 5.76. The molecular formula is C18H20N2O6. The van der Waals surface area contributed by atoms with Crippen molar-refractivity contribution in [1.29, 1.82) is 0 Å². The summed E-state index contributed by atoms with van der Waals surface area (Å²) in [7, 11) is 0. The molecule has 8 heteroatoms. The van der Waals surface area contributed by atoms with E-state index in [1.165, 1.54) is 12.1 Å². The van der Waals surface area contributed by atoms with E-state index >= 15 is 0 Å². The monoisotopic (exact) mass is 360 g/mol. The number of ether oxygens (including phenoxy) is 2. The molecule has 0 amide bonds. The molecular weight excluding hydrogens is 340 g/mol. The van der Waals surface area contributed by atoms with Gasteiger partial charge in [0.1, 0.15) is 5.69 Å². The zero-order chi connectivity index (χ0) is 19.4. The van der Waals surface area contributed by atoms with Crippen molar-refractivity contribution in [3.63, 3.8) is 0 Å². The van der Waals surface area contributed by atoms with Gasteiger partial charge < -0.3 is 14.5 Å². The zero-order valence-electron chi connectivity index (χ0n) is 15.0. The number of hydrogen-bond acceptors (Lipinski definition) is 6. The summed E-state index contributed by atoms with van der Waals surface area (Å²) >= 11 is 0. The molecule has 138 valence electrons. The molecule has 0 atom stereocenters. The van der Waals surface area contributed by atoms with Crippen molar-refractivity contribution in [3.05, 3.63) is 56.4 Å². The summed E-state index contributed by atoms with van der Waals surface area (Å²) in [6.45, 7) is 6.56. The lowest BCUT2D eigenvalue weighted by molar-refractivity contribution is -0.385. The maximum Gasteiger partial charge on any atom is 0.355 e. The Morgan fingerprint density at radius 2 is 1.92 bits per heavy atom. The van der Waals surface area contributed by atoms with Crippen molar-refractivity contribution in [3.8, 4) is 5.75 Å². The van der Waals surface area contributed by atoms with Crippen LogP contribution >= 0.6 is 0 Å². The smallest absolute Gasteiger partial charge is 0.355 e. The van der Waals surface area contributed by atoms with Crippen LogP contribution in [0.15, 0.2) is 18.2 Å². The molecule has 0 saturated heterocycles. The number of aromatic nitrogens is 1. The van der Waals surface area contributed by atoms with Gasteiger partial charge in [-0.2, -0.15) is 0 Å². The van der Waals surface area contributed by atoms with E-state index in [4.69, 9.17) is 9.47 Å². The number of nitrogens with zero attached hydrogens (tertiary/aromatic N) is 1. The van der Waals surface area contributed by atoms with Crippen molar-refractivity contribution in [2.45, 2.75) is 27.7 Å². The first kappa shape index (κ1) is 19.2. The minimum atomic E-state index is -0.557. The van der Waals surface area contributed by atoms with Gasteiger partial charge in [-0.15, -0.1) is 0 Å². The minimum Gasteiger partial charge on any atom is -0.478 e. The topological polar surface area (TPSA) is 112 Å². The van der Waals surface area contributed by atoms with Crippen LogP contribution < -0.4 is 4.74 Å². The van der Waals surface area contributed by atoms with Crippen LogP contribution in [-0.2, 0) is 4.74 Å². The molecule has 1 heterocycles. The number of nitro groups is 1. The second kappa shape index (κ2) is 7.81.